The first-order valence-corrected chi connectivity index (χ1v) is 6.45. The number of benzene rings is 1. The van der Waals surface area contributed by atoms with Crippen LogP contribution in [0.5, 0.6) is 5.75 Å². The number of hydrogen-bond donors (Lipinski definition) is 1. The number of nitro groups is 1. The molecule has 0 bridgehead atoms. The standard InChI is InChI=1S/C14H18N2O6/c1-14(2,3)22-13(18)15-11(8-17)10-7-9(21-4)5-6-12(10)16(19)20/h5-8,11H,1-4H3,(H,15,18). The van der Waals surface area contributed by atoms with Gasteiger partial charge in [0.25, 0.3) is 5.69 Å². The minimum atomic E-state index is -1.22. The molecule has 0 aliphatic rings. The Hall–Kier alpha value is -2.64. The van der Waals surface area contributed by atoms with Crippen LogP contribution in [-0.4, -0.2) is 30.0 Å². The van der Waals surface area contributed by atoms with Gasteiger partial charge in [0.05, 0.1) is 17.6 Å². The zero-order valence-corrected chi connectivity index (χ0v) is 12.8. The van der Waals surface area contributed by atoms with Crippen LogP contribution >= 0.6 is 0 Å². The van der Waals surface area contributed by atoms with Crippen LogP contribution in [0.3, 0.4) is 0 Å². The van der Waals surface area contributed by atoms with Crippen LogP contribution in [0.1, 0.15) is 32.4 Å². The lowest BCUT2D eigenvalue weighted by Gasteiger charge is -2.21. The van der Waals surface area contributed by atoms with E-state index in [1.807, 2.05) is 0 Å². The predicted octanol–water partition coefficient (Wildman–Crippen LogP) is 2.37. The van der Waals surface area contributed by atoms with Crippen LogP contribution in [0.25, 0.3) is 0 Å². The van der Waals surface area contributed by atoms with Gasteiger partial charge in [0.2, 0.25) is 0 Å². The fourth-order valence-corrected chi connectivity index (χ4v) is 1.69. The lowest BCUT2D eigenvalue weighted by atomic mass is 10.1. The lowest BCUT2D eigenvalue weighted by molar-refractivity contribution is -0.385. The third-order valence-corrected chi connectivity index (χ3v) is 2.57. The van der Waals surface area contributed by atoms with Gasteiger partial charge in [-0.1, -0.05) is 0 Å². The number of alkyl carbamates (subject to hydrolysis) is 1. The number of nitro benzene ring substituents is 1. The van der Waals surface area contributed by atoms with Gasteiger partial charge in [0, 0.05) is 6.07 Å². The SMILES string of the molecule is COc1ccc([N+](=O)[O-])c(C(C=O)NC(=O)OC(C)(C)C)c1. The van der Waals surface area contributed by atoms with Gasteiger partial charge in [-0.2, -0.15) is 0 Å². The van der Waals surface area contributed by atoms with Crippen molar-refractivity contribution in [2.75, 3.05) is 7.11 Å². The zero-order chi connectivity index (χ0) is 16.9. The third-order valence-electron chi connectivity index (χ3n) is 2.57. The molecule has 1 rings (SSSR count). The molecule has 0 radical (unpaired) electrons. The highest BCUT2D eigenvalue weighted by molar-refractivity contribution is 5.76. The highest BCUT2D eigenvalue weighted by atomic mass is 16.6. The van der Waals surface area contributed by atoms with Gasteiger partial charge in [0.15, 0.2) is 0 Å². The van der Waals surface area contributed by atoms with E-state index in [9.17, 15) is 19.7 Å². The molecular weight excluding hydrogens is 292 g/mol. The highest BCUT2D eigenvalue weighted by Gasteiger charge is 2.26. The van der Waals surface area contributed by atoms with E-state index in [2.05, 4.69) is 5.32 Å². The molecular formula is C14H18N2O6. The molecule has 0 fully saturated rings. The fourth-order valence-electron chi connectivity index (χ4n) is 1.69. The van der Waals surface area contributed by atoms with Gasteiger partial charge in [-0.3, -0.25) is 10.1 Å². The van der Waals surface area contributed by atoms with Gasteiger partial charge in [-0.05, 0) is 32.9 Å². The van der Waals surface area contributed by atoms with Crippen LogP contribution in [-0.2, 0) is 9.53 Å². The Morgan fingerprint density at radius 2 is 2.05 bits per heavy atom. The number of nitrogens with one attached hydrogen (secondary N) is 1. The van der Waals surface area contributed by atoms with Crippen LogP contribution < -0.4 is 10.1 Å². The molecule has 0 aliphatic heterocycles. The maximum absolute atomic E-state index is 11.7. The van der Waals surface area contributed by atoms with Crippen LogP contribution in [0.2, 0.25) is 0 Å². The summed E-state index contributed by atoms with van der Waals surface area (Å²) < 4.78 is 10.0. The number of methoxy groups -OCH3 is 1. The van der Waals surface area contributed by atoms with Gasteiger partial charge < -0.3 is 19.6 Å². The largest absolute Gasteiger partial charge is 0.497 e. The molecule has 1 N–H and O–H groups in total. The Bertz CT molecular complexity index is 579. The van der Waals surface area contributed by atoms with E-state index in [4.69, 9.17) is 9.47 Å². The van der Waals surface area contributed by atoms with Gasteiger partial charge in [-0.15, -0.1) is 0 Å². The Morgan fingerprint density at radius 1 is 1.41 bits per heavy atom. The maximum atomic E-state index is 11.7. The first-order chi connectivity index (χ1) is 10.2. The third kappa shape index (κ3) is 4.72. The number of rotatable bonds is 5. The maximum Gasteiger partial charge on any atom is 0.408 e. The van der Waals surface area contributed by atoms with Crippen LogP contribution in [0, 0.1) is 10.1 Å². The second-order valence-corrected chi connectivity index (χ2v) is 5.44. The van der Waals surface area contributed by atoms with Crippen molar-refractivity contribution in [3.63, 3.8) is 0 Å². The molecule has 22 heavy (non-hydrogen) atoms. The topological polar surface area (TPSA) is 108 Å². The fraction of sp³-hybridized carbons (Fsp3) is 0.429. The summed E-state index contributed by atoms with van der Waals surface area (Å²) in [4.78, 5) is 33.4. The first-order valence-electron chi connectivity index (χ1n) is 6.45. The second-order valence-electron chi connectivity index (χ2n) is 5.44. The quantitative estimate of drug-likeness (QED) is 0.508. The molecule has 0 saturated heterocycles. The summed E-state index contributed by atoms with van der Waals surface area (Å²) in [6, 6.07) is 2.72. The van der Waals surface area contributed by atoms with Crippen molar-refractivity contribution in [2.45, 2.75) is 32.4 Å². The minimum absolute atomic E-state index is 0.0187. The zero-order valence-electron chi connectivity index (χ0n) is 12.8. The Labute approximate surface area is 127 Å². The molecule has 0 aliphatic carbocycles. The van der Waals surface area contributed by atoms with Gasteiger partial charge in [-0.25, -0.2) is 4.79 Å². The summed E-state index contributed by atoms with van der Waals surface area (Å²) in [5, 5.41) is 13.4. The number of nitrogens with zero attached hydrogens (tertiary/aromatic N) is 1. The van der Waals surface area contributed by atoms with E-state index in [1.54, 1.807) is 20.8 Å². The molecule has 1 aromatic rings. The number of amides is 1. The van der Waals surface area contributed by atoms with E-state index in [1.165, 1.54) is 25.3 Å². The average molecular weight is 310 g/mol. The molecule has 0 heterocycles. The van der Waals surface area contributed by atoms with E-state index < -0.39 is 22.7 Å². The molecule has 0 aromatic heterocycles. The second kappa shape index (κ2) is 6.88. The van der Waals surface area contributed by atoms with Crippen LogP contribution in [0.4, 0.5) is 10.5 Å². The van der Waals surface area contributed by atoms with E-state index in [0.717, 1.165) is 0 Å². The monoisotopic (exact) mass is 310 g/mol. The predicted molar refractivity (Wildman–Crippen MR) is 77.8 cm³/mol. The van der Waals surface area contributed by atoms with E-state index in [-0.39, 0.29) is 11.3 Å². The van der Waals surface area contributed by atoms with Gasteiger partial charge in [0.1, 0.15) is 23.7 Å². The van der Waals surface area contributed by atoms with Crippen molar-refractivity contribution in [2.24, 2.45) is 0 Å². The smallest absolute Gasteiger partial charge is 0.408 e. The molecule has 1 atom stereocenters. The molecule has 8 nitrogen and oxygen atoms in total. The molecule has 0 spiro atoms. The first kappa shape index (κ1) is 17.4. The summed E-state index contributed by atoms with van der Waals surface area (Å²) in [6.45, 7) is 4.99. The number of carbonyl (C=O) groups is 2. The van der Waals surface area contributed by atoms with Crippen molar-refractivity contribution < 1.29 is 24.0 Å². The Kier molecular flexibility index (Phi) is 5.44. The minimum Gasteiger partial charge on any atom is -0.497 e. The summed E-state index contributed by atoms with van der Waals surface area (Å²) in [5.74, 6) is 0.332. The van der Waals surface area contributed by atoms with Crippen molar-refractivity contribution in [1.29, 1.82) is 0 Å². The molecule has 120 valence electrons. The Balaban J connectivity index is 3.10. The number of aldehydes is 1. The van der Waals surface area contributed by atoms with Crippen molar-refractivity contribution >= 4 is 18.1 Å². The van der Waals surface area contributed by atoms with Crippen LogP contribution in [0.15, 0.2) is 18.2 Å². The average Bonchev–Trinajstić information content (AvgIpc) is 2.42. The summed E-state index contributed by atoms with van der Waals surface area (Å²) in [7, 11) is 1.39. The number of ether oxygens (including phenoxy) is 2. The number of hydrogen-bond acceptors (Lipinski definition) is 6. The van der Waals surface area contributed by atoms with Crippen molar-refractivity contribution in [3.05, 3.63) is 33.9 Å². The molecule has 0 saturated carbocycles. The summed E-state index contributed by atoms with van der Waals surface area (Å²) >= 11 is 0. The lowest BCUT2D eigenvalue weighted by Crippen LogP contribution is -2.35. The van der Waals surface area contributed by atoms with Crippen molar-refractivity contribution in [3.8, 4) is 5.75 Å². The molecule has 1 aromatic carbocycles. The summed E-state index contributed by atoms with van der Waals surface area (Å²) in [6.07, 6.45) is -0.451. The van der Waals surface area contributed by atoms with E-state index >= 15 is 0 Å². The Morgan fingerprint density at radius 3 is 2.50 bits per heavy atom. The molecule has 8 heteroatoms. The number of carbonyl (C=O) groups excluding carboxylic acids is 2. The van der Waals surface area contributed by atoms with Gasteiger partial charge >= 0.3 is 6.09 Å². The highest BCUT2D eigenvalue weighted by Crippen LogP contribution is 2.28. The molecule has 1 amide bonds. The van der Waals surface area contributed by atoms with Crippen molar-refractivity contribution in [1.82, 2.24) is 5.32 Å². The van der Waals surface area contributed by atoms with E-state index in [0.29, 0.717) is 12.0 Å². The normalized spacial score (nSPS) is 12.2. The molecule has 1 unspecified atom stereocenters. The summed E-state index contributed by atoms with van der Waals surface area (Å²) in [5.41, 5.74) is -1.03.